The Hall–Kier alpha value is -0.460. The van der Waals surface area contributed by atoms with Crippen LogP contribution in [0.1, 0.15) is 18.4 Å². The molecule has 0 aliphatic heterocycles. The summed E-state index contributed by atoms with van der Waals surface area (Å²) in [6.07, 6.45) is 1.82. The summed E-state index contributed by atoms with van der Waals surface area (Å²) in [6.45, 7) is 0.318. The number of hydrogen-bond acceptors (Lipinski definition) is 2. The molecule has 0 unspecified atom stereocenters. The predicted octanol–water partition coefficient (Wildman–Crippen LogP) is 2.47. The minimum Gasteiger partial charge on any atom is -0.211 e. The molecule has 0 radical (unpaired) electrons. The van der Waals surface area contributed by atoms with E-state index in [1.165, 1.54) is 16.4 Å². The SMILES string of the molecule is O=S(=O)(CBr)N(Cc1ccc(F)cc1)C1CC1. The molecule has 6 heteroatoms. The lowest BCUT2D eigenvalue weighted by Gasteiger charge is -2.20. The topological polar surface area (TPSA) is 37.4 Å². The van der Waals surface area contributed by atoms with Gasteiger partial charge in [-0.1, -0.05) is 28.1 Å². The Morgan fingerprint density at radius 1 is 1.29 bits per heavy atom. The van der Waals surface area contributed by atoms with Crippen molar-refractivity contribution in [1.29, 1.82) is 0 Å². The molecule has 0 bridgehead atoms. The predicted molar refractivity (Wildman–Crippen MR) is 67.7 cm³/mol. The van der Waals surface area contributed by atoms with Gasteiger partial charge in [-0.25, -0.2) is 12.8 Å². The molecular weight excluding hydrogens is 309 g/mol. The first-order chi connectivity index (χ1) is 8.03. The van der Waals surface area contributed by atoms with E-state index < -0.39 is 10.0 Å². The van der Waals surface area contributed by atoms with Gasteiger partial charge in [0.05, 0.1) is 0 Å². The Labute approximate surface area is 109 Å². The van der Waals surface area contributed by atoms with E-state index in [2.05, 4.69) is 15.9 Å². The van der Waals surface area contributed by atoms with Crippen LogP contribution in [0.25, 0.3) is 0 Å². The highest BCUT2D eigenvalue weighted by atomic mass is 79.9. The second kappa shape index (κ2) is 5.04. The van der Waals surface area contributed by atoms with Gasteiger partial charge in [0.2, 0.25) is 10.0 Å². The van der Waals surface area contributed by atoms with Gasteiger partial charge in [-0.3, -0.25) is 0 Å². The Balaban J connectivity index is 2.16. The lowest BCUT2D eigenvalue weighted by atomic mass is 10.2. The van der Waals surface area contributed by atoms with E-state index in [-0.39, 0.29) is 16.5 Å². The van der Waals surface area contributed by atoms with E-state index in [0.29, 0.717) is 6.54 Å². The van der Waals surface area contributed by atoms with Crippen LogP contribution in [0.15, 0.2) is 24.3 Å². The van der Waals surface area contributed by atoms with Crippen molar-refractivity contribution in [1.82, 2.24) is 4.31 Å². The zero-order valence-electron chi connectivity index (χ0n) is 9.14. The fourth-order valence-electron chi connectivity index (χ4n) is 1.65. The molecule has 3 nitrogen and oxygen atoms in total. The van der Waals surface area contributed by atoms with Crippen molar-refractivity contribution < 1.29 is 12.8 Å². The average Bonchev–Trinajstić information content (AvgIpc) is 3.12. The summed E-state index contributed by atoms with van der Waals surface area (Å²) in [5.74, 6) is -0.310. The third kappa shape index (κ3) is 3.26. The summed E-state index contributed by atoms with van der Waals surface area (Å²) in [4.78, 5) is 0. The summed E-state index contributed by atoms with van der Waals surface area (Å²) in [6, 6.07) is 6.05. The lowest BCUT2D eigenvalue weighted by molar-refractivity contribution is 0.402. The molecule has 0 saturated heterocycles. The average molecular weight is 322 g/mol. The Morgan fingerprint density at radius 2 is 1.88 bits per heavy atom. The fraction of sp³-hybridized carbons (Fsp3) is 0.455. The van der Waals surface area contributed by atoms with E-state index >= 15 is 0 Å². The molecule has 1 aromatic rings. The monoisotopic (exact) mass is 321 g/mol. The van der Waals surface area contributed by atoms with E-state index in [9.17, 15) is 12.8 Å². The number of alkyl halides is 1. The first kappa shape index (κ1) is 13.0. The van der Waals surface area contributed by atoms with Crippen LogP contribution in [0, 0.1) is 5.82 Å². The van der Waals surface area contributed by atoms with Crippen LogP contribution in [-0.4, -0.2) is 23.4 Å². The van der Waals surface area contributed by atoms with Crippen molar-refractivity contribution in [3.8, 4) is 0 Å². The molecule has 0 N–H and O–H groups in total. The highest BCUT2D eigenvalue weighted by Crippen LogP contribution is 2.31. The molecule has 1 aromatic carbocycles. The molecule has 0 amide bonds. The summed E-state index contributed by atoms with van der Waals surface area (Å²) in [5.41, 5.74) is 0.808. The van der Waals surface area contributed by atoms with Gasteiger partial charge in [-0.05, 0) is 30.5 Å². The largest absolute Gasteiger partial charge is 0.224 e. The van der Waals surface area contributed by atoms with Gasteiger partial charge in [0.15, 0.2) is 0 Å². The lowest BCUT2D eigenvalue weighted by Crippen LogP contribution is -2.33. The Morgan fingerprint density at radius 3 is 2.35 bits per heavy atom. The zero-order valence-corrected chi connectivity index (χ0v) is 11.5. The van der Waals surface area contributed by atoms with Crippen LogP contribution < -0.4 is 0 Å². The summed E-state index contributed by atoms with van der Waals surface area (Å²) in [7, 11) is -3.25. The number of hydrogen-bond donors (Lipinski definition) is 0. The van der Waals surface area contributed by atoms with Crippen molar-refractivity contribution in [2.45, 2.75) is 25.4 Å². The van der Waals surface area contributed by atoms with Crippen molar-refractivity contribution in [3.63, 3.8) is 0 Å². The quantitative estimate of drug-likeness (QED) is 0.781. The maximum Gasteiger partial charge on any atom is 0.224 e. The highest BCUT2D eigenvalue weighted by Gasteiger charge is 2.36. The third-order valence-corrected chi connectivity index (χ3v) is 5.85. The standard InChI is InChI=1S/C11H13BrFNO2S/c12-8-17(15,16)14(11-5-6-11)7-9-1-3-10(13)4-2-9/h1-4,11H,5-8H2. The molecule has 0 spiro atoms. The molecule has 1 saturated carbocycles. The van der Waals surface area contributed by atoms with Gasteiger partial charge in [-0.15, -0.1) is 0 Å². The summed E-state index contributed by atoms with van der Waals surface area (Å²) < 4.78 is 37.9. The maximum absolute atomic E-state index is 12.8. The molecule has 94 valence electrons. The molecular formula is C11H13BrFNO2S. The summed E-state index contributed by atoms with van der Waals surface area (Å²) in [5, 5.41) is 0. The van der Waals surface area contributed by atoms with Gasteiger partial charge >= 0.3 is 0 Å². The van der Waals surface area contributed by atoms with Crippen LogP contribution in [-0.2, 0) is 16.6 Å². The van der Waals surface area contributed by atoms with Crippen LogP contribution >= 0.6 is 15.9 Å². The number of halogens is 2. The van der Waals surface area contributed by atoms with Crippen LogP contribution in [0.3, 0.4) is 0 Å². The van der Waals surface area contributed by atoms with Crippen molar-refractivity contribution in [2.75, 3.05) is 4.66 Å². The molecule has 0 heterocycles. The van der Waals surface area contributed by atoms with Crippen molar-refractivity contribution in [2.24, 2.45) is 0 Å². The maximum atomic E-state index is 12.8. The number of sulfonamides is 1. The van der Waals surface area contributed by atoms with Crippen LogP contribution in [0.4, 0.5) is 4.39 Å². The van der Waals surface area contributed by atoms with Gasteiger partial charge in [0, 0.05) is 12.6 Å². The van der Waals surface area contributed by atoms with Gasteiger partial charge < -0.3 is 0 Å². The van der Waals surface area contributed by atoms with E-state index in [1.807, 2.05) is 0 Å². The second-order valence-electron chi connectivity index (χ2n) is 4.12. The van der Waals surface area contributed by atoms with Gasteiger partial charge in [-0.2, -0.15) is 4.31 Å². The minimum absolute atomic E-state index is 0.0717. The fourth-order valence-corrected chi connectivity index (χ4v) is 3.57. The van der Waals surface area contributed by atoms with E-state index in [1.54, 1.807) is 12.1 Å². The molecule has 2 rings (SSSR count). The highest BCUT2D eigenvalue weighted by molar-refractivity contribution is 9.10. The molecule has 1 aliphatic carbocycles. The van der Waals surface area contributed by atoms with Gasteiger partial charge in [0.1, 0.15) is 10.5 Å². The molecule has 1 aliphatic rings. The Bertz CT molecular complexity index is 485. The molecule has 17 heavy (non-hydrogen) atoms. The van der Waals surface area contributed by atoms with Crippen molar-refractivity contribution in [3.05, 3.63) is 35.6 Å². The Kier molecular flexibility index (Phi) is 3.85. The third-order valence-electron chi connectivity index (χ3n) is 2.70. The number of rotatable bonds is 5. The molecule has 0 atom stereocenters. The zero-order chi connectivity index (χ0) is 12.5. The molecule has 0 aromatic heterocycles. The van der Waals surface area contributed by atoms with Crippen molar-refractivity contribution >= 4 is 26.0 Å². The second-order valence-corrected chi connectivity index (χ2v) is 7.35. The van der Waals surface area contributed by atoms with E-state index in [4.69, 9.17) is 0 Å². The van der Waals surface area contributed by atoms with Gasteiger partial charge in [0.25, 0.3) is 0 Å². The van der Waals surface area contributed by atoms with Crippen LogP contribution in [0.5, 0.6) is 0 Å². The molecule has 1 fully saturated rings. The van der Waals surface area contributed by atoms with E-state index in [0.717, 1.165) is 18.4 Å². The number of benzene rings is 1. The minimum atomic E-state index is -3.25. The summed E-state index contributed by atoms with van der Waals surface area (Å²) >= 11 is 3.00. The normalized spacial score (nSPS) is 16.4. The van der Waals surface area contributed by atoms with Crippen LogP contribution in [0.2, 0.25) is 0 Å². The smallest absolute Gasteiger partial charge is 0.211 e. The number of nitrogens with zero attached hydrogens (tertiary/aromatic N) is 1. The first-order valence-electron chi connectivity index (χ1n) is 5.33. The first-order valence-corrected chi connectivity index (χ1v) is 8.06.